The van der Waals surface area contributed by atoms with Gasteiger partial charge >= 0.3 is 8.17 Å². The van der Waals surface area contributed by atoms with Crippen LogP contribution in [0.1, 0.15) is 20.8 Å². The van der Waals surface area contributed by atoms with E-state index in [-0.39, 0.29) is 6.10 Å². The molecule has 0 saturated carbocycles. The Labute approximate surface area is 66.2 Å². The number of hydrogen-bond acceptors (Lipinski definition) is 5. The molecule has 6 heteroatoms. The molecule has 11 heavy (non-hydrogen) atoms. The van der Waals surface area contributed by atoms with Gasteiger partial charge in [0.1, 0.15) is 0 Å². The van der Waals surface area contributed by atoms with E-state index in [1.54, 1.807) is 13.8 Å². The van der Waals surface area contributed by atoms with Crippen molar-refractivity contribution in [2.24, 2.45) is 0 Å². The molecule has 0 aromatic rings. The zero-order valence-corrected chi connectivity index (χ0v) is 7.65. The molecule has 0 aliphatic rings. The summed E-state index contributed by atoms with van der Waals surface area (Å²) >= 11 is 0. The predicted octanol–water partition coefficient (Wildman–Crippen LogP) is 0.428. The van der Waals surface area contributed by atoms with Crippen molar-refractivity contribution in [1.29, 1.82) is 0 Å². The Morgan fingerprint density at radius 1 is 1.09 bits per heavy atom. The molecule has 3 N–H and O–H groups in total. The molecule has 0 saturated heterocycles. The molecule has 0 aromatic heterocycles. The SMILES string of the molecule is CC(C)OC(C)O[P+](O)(O)O. The van der Waals surface area contributed by atoms with Gasteiger partial charge in [0.2, 0.25) is 6.29 Å². The van der Waals surface area contributed by atoms with E-state index in [9.17, 15) is 0 Å². The zero-order chi connectivity index (χ0) is 9.07. The first kappa shape index (κ1) is 11.2. The van der Waals surface area contributed by atoms with Gasteiger partial charge in [-0.05, 0) is 20.8 Å². The van der Waals surface area contributed by atoms with E-state index in [1.165, 1.54) is 6.92 Å². The zero-order valence-electron chi connectivity index (χ0n) is 6.76. The summed E-state index contributed by atoms with van der Waals surface area (Å²) in [7, 11) is -4.15. The predicted molar refractivity (Wildman–Crippen MR) is 40.3 cm³/mol. The molecule has 0 rings (SSSR count). The van der Waals surface area contributed by atoms with Gasteiger partial charge in [0.15, 0.2) is 0 Å². The Morgan fingerprint density at radius 3 is 1.82 bits per heavy atom. The smallest absolute Gasteiger partial charge is 0.346 e. The highest BCUT2D eigenvalue weighted by Crippen LogP contribution is 2.47. The Bertz CT molecular complexity index is 110. The van der Waals surface area contributed by atoms with Crippen LogP contribution in [0.3, 0.4) is 0 Å². The molecule has 0 aliphatic heterocycles. The Hall–Kier alpha value is 0.230. The molecular formula is C5H14O5P+. The monoisotopic (exact) mass is 185 g/mol. The highest BCUT2D eigenvalue weighted by Gasteiger charge is 2.36. The molecule has 0 bridgehead atoms. The van der Waals surface area contributed by atoms with Crippen LogP contribution < -0.4 is 0 Å². The molecule has 0 fully saturated rings. The van der Waals surface area contributed by atoms with E-state index in [4.69, 9.17) is 19.4 Å². The van der Waals surface area contributed by atoms with E-state index < -0.39 is 14.5 Å². The minimum absolute atomic E-state index is 0.0865. The maximum absolute atomic E-state index is 8.42. The van der Waals surface area contributed by atoms with Crippen molar-refractivity contribution >= 4 is 8.17 Å². The fourth-order valence-corrected chi connectivity index (χ4v) is 1.06. The van der Waals surface area contributed by atoms with Gasteiger partial charge in [0.05, 0.1) is 6.10 Å². The van der Waals surface area contributed by atoms with E-state index in [1.807, 2.05) is 0 Å². The van der Waals surface area contributed by atoms with Crippen LogP contribution >= 0.6 is 8.17 Å². The summed E-state index contributed by atoms with van der Waals surface area (Å²) in [5.74, 6) is 0. The lowest BCUT2D eigenvalue weighted by molar-refractivity contribution is -0.111. The molecule has 1 atom stereocenters. The summed E-state index contributed by atoms with van der Waals surface area (Å²) in [6, 6.07) is 0. The van der Waals surface area contributed by atoms with Crippen molar-refractivity contribution in [1.82, 2.24) is 0 Å². The molecule has 68 valence electrons. The molecule has 5 nitrogen and oxygen atoms in total. The average Bonchev–Trinajstić information content (AvgIpc) is 1.53. The van der Waals surface area contributed by atoms with Gasteiger partial charge in [-0.1, -0.05) is 0 Å². The molecule has 0 spiro atoms. The topological polar surface area (TPSA) is 79.2 Å². The Morgan fingerprint density at radius 2 is 1.55 bits per heavy atom. The lowest BCUT2D eigenvalue weighted by Gasteiger charge is -2.13. The second-order valence-corrected chi connectivity index (χ2v) is 3.61. The van der Waals surface area contributed by atoms with Crippen molar-refractivity contribution < 1.29 is 23.9 Å². The van der Waals surface area contributed by atoms with Crippen molar-refractivity contribution in [3.63, 3.8) is 0 Å². The van der Waals surface area contributed by atoms with Crippen molar-refractivity contribution in [2.75, 3.05) is 0 Å². The van der Waals surface area contributed by atoms with Crippen LogP contribution in [0.25, 0.3) is 0 Å². The van der Waals surface area contributed by atoms with Crippen LogP contribution in [0, 0.1) is 0 Å². The van der Waals surface area contributed by atoms with E-state index in [0.717, 1.165) is 0 Å². The van der Waals surface area contributed by atoms with E-state index in [0.29, 0.717) is 0 Å². The molecule has 0 aromatic carbocycles. The third-order valence-electron chi connectivity index (χ3n) is 0.754. The van der Waals surface area contributed by atoms with Gasteiger partial charge in [0, 0.05) is 0 Å². The maximum Gasteiger partial charge on any atom is 0.570 e. The van der Waals surface area contributed by atoms with E-state index >= 15 is 0 Å². The van der Waals surface area contributed by atoms with Gasteiger partial charge in [-0.2, -0.15) is 14.7 Å². The van der Waals surface area contributed by atoms with E-state index in [2.05, 4.69) is 4.52 Å². The van der Waals surface area contributed by atoms with Crippen LogP contribution in [0.15, 0.2) is 0 Å². The minimum Gasteiger partial charge on any atom is -0.346 e. The van der Waals surface area contributed by atoms with Crippen LogP contribution in [-0.2, 0) is 9.26 Å². The van der Waals surface area contributed by atoms with Gasteiger partial charge in [-0.3, -0.25) is 0 Å². The summed E-state index contributed by atoms with van der Waals surface area (Å²) in [5, 5.41) is 0. The van der Waals surface area contributed by atoms with Crippen LogP contribution in [0.2, 0.25) is 0 Å². The molecule has 0 aliphatic carbocycles. The van der Waals surface area contributed by atoms with Crippen molar-refractivity contribution in [2.45, 2.75) is 33.2 Å². The summed E-state index contributed by atoms with van der Waals surface area (Å²) in [6.45, 7) is 5.01. The third-order valence-corrected chi connectivity index (χ3v) is 1.33. The Kier molecular flexibility index (Phi) is 4.39. The molecular weight excluding hydrogens is 171 g/mol. The Balaban J connectivity index is 3.61. The maximum atomic E-state index is 8.42. The number of ether oxygens (including phenoxy) is 1. The molecule has 0 amide bonds. The summed E-state index contributed by atoms with van der Waals surface area (Å²) in [4.78, 5) is 25.3. The second-order valence-electron chi connectivity index (χ2n) is 2.37. The fraction of sp³-hybridized carbons (Fsp3) is 1.00. The molecule has 1 unspecified atom stereocenters. The lowest BCUT2D eigenvalue weighted by atomic mass is 10.5. The van der Waals surface area contributed by atoms with Crippen LogP contribution in [0.4, 0.5) is 0 Å². The van der Waals surface area contributed by atoms with Gasteiger partial charge in [-0.25, -0.2) is 0 Å². The van der Waals surface area contributed by atoms with Crippen molar-refractivity contribution in [3.05, 3.63) is 0 Å². The number of rotatable bonds is 4. The average molecular weight is 185 g/mol. The standard InChI is InChI=1S/C5H14O5P/c1-4(2)9-5(3)10-11(6,7)8/h4-8H,1-3H3/q+1. The quantitative estimate of drug-likeness (QED) is 0.437. The third kappa shape index (κ3) is 8.13. The van der Waals surface area contributed by atoms with Gasteiger partial charge in [-0.15, -0.1) is 4.52 Å². The molecule has 0 heterocycles. The highest BCUT2D eigenvalue weighted by atomic mass is 31.2. The first-order chi connectivity index (χ1) is 4.81. The first-order valence-corrected chi connectivity index (χ1v) is 4.79. The van der Waals surface area contributed by atoms with Crippen LogP contribution in [-0.4, -0.2) is 27.1 Å². The summed E-state index contributed by atoms with van der Waals surface area (Å²) < 4.78 is 9.26. The van der Waals surface area contributed by atoms with Crippen LogP contribution in [0.5, 0.6) is 0 Å². The van der Waals surface area contributed by atoms with Gasteiger partial charge in [0.25, 0.3) is 0 Å². The number of hydrogen-bond donors (Lipinski definition) is 3. The highest BCUT2D eigenvalue weighted by molar-refractivity contribution is 7.53. The lowest BCUT2D eigenvalue weighted by Crippen LogP contribution is -2.17. The van der Waals surface area contributed by atoms with Crippen molar-refractivity contribution in [3.8, 4) is 0 Å². The largest absolute Gasteiger partial charge is 0.570 e. The minimum atomic E-state index is -4.15. The first-order valence-electron chi connectivity index (χ1n) is 3.22. The summed E-state index contributed by atoms with van der Waals surface area (Å²) in [6.07, 6.45) is -0.903. The molecule has 0 radical (unpaired) electrons. The second kappa shape index (κ2) is 4.30. The van der Waals surface area contributed by atoms with Gasteiger partial charge < -0.3 is 4.74 Å². The fourth-order valence-electron chi connectivity index (χ4n) is 0.607. The summed E-state index contributed by atoms with van der Waals surface area (Å²) in [5.41, 5.74) is 0. The normalized spacial score (nSPS) is 15.5.